The highest BCUT2D eigenvalue weighted by atomic mass is 32.2. The zero-order chi connectivity index (χ0) is 21.0. The molecule has 3 N–H and O–H groups in total. The van der Waals surface area contributed by atoms with Gasteiger partial charge in [-0.3, -0.25) is 4.79 Å². The lowest BCUT2D eigenvalue weighted by molar-refractivity contribution is -0.129. The molecule has 29 heavy (non-hydrogen) atoms. The van der Waals surface area contributed by atoms with Crippen LogP contribution in [0.3, 0.4) is 0 Å². The van der Waals surface area contributed by atoms with Gasteiger partial charge in [0.2, 0.25) is 15.8 Å². The molecule has 0 radical (unpaired) electrons. The van der Waals surface area contributed by atoms with E-state index in [9.17, 15) is 18.0 Å². The maximum atomic E-state index is 12.2. The summed E-state index contributed by atoms with van der Waals surface area (Å²) >= 11 is 0. The van der Waals surface area contributed by atoms with Crippen LogP contribution in [0.5, 0.6) is 0 Å². The van der Waals surface area contributed by atoms with Gasteiger partial charge in [-0.15, -0.1) is 0 Å². The molecule has 0 fully saturated rings. The van der Waals surface area contributed by atoms with Crippen molar-refractivity contribution >= 4 is 32.9 Å². The maximum Gasteiger partial charge on any atom is 0.375 e. The van der Waals surface area contributed by atoms with Gasteiger partial charge in [-0.05, 0) is 43.2 Å². The van der Waals surface area contributed by atoms with E-state index in [1.807, 2.05) is 6.07 Å². The summed E-state index contributed by atoms with van der Waals surface area (Å²) in [4.78, 5) is 24.3. The van der Waals surface area contributed by atoms with Crippen molar-refractivity contribution in [2.24, 2.45) is 5.14 Å². The molecular weight excluding hydrogens is 396 g/mol. The zero-order valence-electron chi connectivity index (χ0n) is 15.6. The number of esters is 1. The van der Waals surface area contributed by atoms with E-state index < -0.39 is 28.0 Å². The molecule has 3 rings (SSSR count). The second kappa shape index (κ2) is 8.46. The molecule has 0 spiro atoms. The first-order valence-electron chi connectivity index (χ1n) is 8.83. The number of para-hydroxylation sites is 1. The third-order valence-electron chi connectivity index (χ3n) is 4.24. The van der Waals surface area contributed by atoms with E-state index in [2.05, 4.69) is 5.32 Å². The number of amides is 1. The Morgan fingerprint density at radius 3 is 2.48 bits per heavy atom. The largest absolute Gasteiger partial charge is 0.449 e. The average Bonchev–Trinajstić information content (AvgIpc) is 3.12. The number of nitrogens with one attached hydrogen (secondary N) is 1. The van der Waals surface area contributed by atoms with Gasteiger partial charge in [0.1, 0.15) is 5.58 Å². The fraction of sp³-hybridized carbons (Fsp3) is 0.200. The number of carbonyl (C=O) groups excluding carboxylic acids is 2. The number of hydrogen-bond donors (Lipinski definition) is 2. The minimum atomic E-state index is -3.73. The predicted molar refractivity (Wildman–Crippen MR) is 106 cm³/mol. The minimum absolute atomic E-state index is 0.0245. The van der Waals surface area contributed by atoms with Crippen molar-refractivity contribution in [2.75, 3.05) is 6.54 Å². The van der Waals surface area contributed by atoms with Crippen LogP contribution in [0.1, 0.15) is 23.0 Å². The van der Waals surface area contributed by atoms with Crippen molar-refractivity contribution in [1.29, 1.82) is 0 Å². The van der Waals surface area contributed by atoms with Crippen molar-refractivity contribution in [3.05, 3.63) is 65.9 Å². The molecule has 1 amide bonds. The highest BCUT2D eigenvalue weighted by Crippen LogP contribution is 2.19. The molecule has 8 nitrogen and oxygen atoms in total. The predicted octanol–water partition coefficient (Wildman–Crippen LogP) is 1.98. The van der Waals surface area contributed by atoms with Crippen LogP contribution in [-0.4, -0.2) is 32.9 Å². The molecule has 0 aliphatic heterocycles. The lowest BCUT2D eigenvalue weighted by Crippen LogP contribution is -2.36. The molecule has 0 aliphatic carbocycles. The van der Waals surface area contributed by atoms with Crippen LogP contribution in [0.25, 0.3) is 11.0 Å². The van der Waals surface area contributed by atoms with Crippen molar-refractivity contribution in [3.8, 4) is 0 Å². The fourth-order valence-corrected chi connectivity index (χ4v) is 3.19. The number of carbonyl (C=O) groups is 2. The molecule has 0 aliphatic rings. The monoisotopic (exact) mass is 416 g/mol. The zero-order valence-corrected chi connectivity index (χ0v) is 16.4. The van der Waals surface area contributed by atoms with E-state index in [-0.39, 0.29) is 10.7 Å². The molecule has 9 heteroatoms. The van der Waals surface area contributed by atoms with Gasteiger partial charge < -0.3 is 14.5 Å². The quantitative estimate of drug-likeness (QED) is 0.567. The first kappa shape index (κ1) is 20.6. The second-order valence-corrected chi connectivity index (χ2v) is 7.99. The number of nitrogens with two attached hydrogens (primary N) is 1. The van der Waals surface area contributed by atoms with Gasteiger partial charge in [-0.2, -0.15) is 0 Å². The lowest BCUT2D eigenvalue weighted by atomic mass is 10.1. The van der Waals surface area contributed by atoms with Crippen LogP contribution in [0, 0.1) is 0 Å². The van der Waals surface area contributed by atoms with Crippen molar-refractivity contribution in [2.45, 2.75) is 24.3 Å². The molecule has 0 saturated carbocycles. The first-order chi connectivity index (χ1) is 13.7. The molecule has 1 atom stereocenters. The Kier molecular flexibility index (Phi) is 6.00. The Hall–Kier alpha value is -3.17. The van der Waals surface area contributed by atoms with Gasteiger partial charge in [0.05, 0.1) is 4.90 Å². The Bertz CT molecular complexity index is 1100. The number of rotatable bonds is 7. The summed E-state index contributed by atoms with van der Waals surface area (Å²) in [6.45, 7) is 1.76. The highest BCUT2D eigenvalue weighted by Gasteiger charge is 2.21. The van der Waals surface area contributed by atoms with Crippen molar-refractivity contribution in [3.63, 3.8) is 0 Å². The smallest absolute Gasteiger partial charge is 0.375 e. The number of benzene rings is 2. The Morgan fingerprint density at radius 2 is 1.83 bits per heavy atom. The molecule has 0 unspecified atom stereocenters. The number of hydrogen-bond acceptors (Lipinski definition) is 6. The topological polar surface area (TPSA) is 129 Å². The summed E-state index contributed by atoms with van der Waals surface area (Å²) in [7, 11) is -3.73. The fourth-order valence-electron chi connectivity index (χ4n) is 2.67. The number of ether oxygens (including phenoxy) is 1. The standard InChI is InChI=1S/C20H20N2O6S/c1-13(27-20(24)18-12-15-4-2-3-5-17(15)28-18)19(23)22-11-10-14-6-8-16(9-7-14)29(21,25)26/h2-9,12-13H,10-11H2,1H3,(H,22,23)(H2,21,25,26)/t13-/m1/s1. The summed E-state index contributed by atoms with van der Waals surface area (Å²) in [5.74, 6) is -1.14. The summed E-state index contributed by atoms with van der Waals surface area (Å²) in [6, 6.07) is 14.8. The summed E-state index contributed by atoms with van der Waals surface area (Å²) in [6.07, 6.45) is -0.526. The Labute approximate surface area is 167 Å². The molecule has 1 aromatic heterocycles. The number of fused-ring (bicyclic) bond motifs is 1. The van der Waals surface area contributed by atoms with Gasteiger partial charge in [-0.25, -0.2) is 18.4 Å². The van der Waals surface area contributed by atoms with Crippen LogP contribution in [0.15, 0.2) is 63.9 Å². The first-order valence-corrected chi connectivity index (χ1v) is 10.4. The van der Waals surface area contributed by atoms with E-state index >= 15 is 0 Å². The van der Waals surface area contributed by atoms with Gasteiger partial charge in [-0.1, -0.05) is 30.3 Å². The lowest BCUT2D eigenvalue weighted by Gasteiger charge is -2.12. The molecule has 1 heterocycles. The average molecular weight is 416 g/mol. The molecular formula is C20H20N2O6S. The molecule has 152 valence electrons. The van der Waals surface area contributed by atoms with E-state index in [4.69, 9.17) is 14.3 Å². The van der Waals surface area contributed by atoms with E-state index in [1.165, 1.54) is 19.1 Å². The van der Waals surface area contributed by atoms with Crippen LogP contribution in [0.2, 0.25) is 0 Å². The minimum Gasteiger partial charge on any atom is -0.449 e. The van der Waals surface area contributed by atoms with Crippen LogP contribution in [-0.2, 0) is 26.0 Å². The van der Waals surface area contributed by atoms with E-state index in [0.717, 1.165) is 10.9 Å². The van der Waals surface area contributed by atoms with Gasteiger partial charge in [0.15, 0.2) is 6.10 Å². The van der Waals surface area contributed by atoms with Gasteiger partial charge >= 0.3 is 5.97 Å². The normalized spacial score (nSPS) is 12.5. The Morgan fingerprint density at radius 1 is 1.14 bits per heavy atom. The van der Waals surface area contributed by atoms with E-state index in [1.54, 1.807) is 36.4 Å². The molecule has 0 saturated heterocycles. The third-order valence-corrected chi connectivity index (χ3v) is 5.17. The molecule has 2 aromatic carbocycles. The van der Waals surface area contributed by atoms with Crippen LogP contribution in [0.4, 0.5) is 0 Å². The second-order valence-electron chi connectivity index (χ2n) is 6.43. The summed E-state index contributed by atoms with van der Waals surface area (Å²) in [5, 5.41) is 8.49. The van der Waals surface area contributed by atoms with Crippen LogP contribution >= 0.6 is 0 Å². The molecule has 3 aromatic rings. The summed E-state index contributed by atoms with van der Waals surface area (Å²) in [5.41, 5.74) is 1.38. The highest BCUT2D eigenvalue weighted by molar-refractivity contribution is 7.89. The van der Waals surface area contributed by atoms with Gasteiger partial charge in [0, 0.05) is 11.9 Å². The van der Waals surface area contributed by atoms with E-state index in [0.29, 0.717) is 18.5 Å². The molecule has 0 bridgehead atoms. The maximum absolute atomic E-state index is 12.2. The number of primary sulfonamides is 1. The SMILES string of the molecule is C[C@@H](OC(=O)c1cc2ccccc2o1)C(=O)NCCc1ccc(S(N)(=O)=O)cc1. The number of furan rings is 1. The number of sulfonamides is 1. The Balaban J connectivity index is 1.49. The third kappa shape index (κ3) is 5.21. The summed E-state index contributed by atoms with van der Waals surface area (Å²) < 4.78 is 33.1. The van der Waals surface area contributed by atoms with Crippen molar-refractivity contribution < 1.29 is 27.2 Å². The van der Waals surface area contributed by atoms with Crippen LogP contribution < -0.4 is 10.5 Å². The van der Waals surface area contributed by atoms with Gasteiger partial charge in [0.25, 0.3) is 5.91 Å². The van der Waals surface area contributed by atoms with Crippen molar-refractivity contribution in [1.82, 2.24) is 5.32 Å².